The minimum atomic E-state index is -0.608. The molecule has 17 heavy (non-hydrogen) atoms. The summed E-state index contributed by atoms with van der Waals surface area (Å²) in [5.41, 5.74) is 12.8. The highest BCUT2D eigenvalue weighted by Crippen LogP contribution is 2.06. The molecule has 0 spiro atoms. The summed E-state index contributed by atoms with van der Waals surface area (Å²) in [6.45, 7) is 1.99. The van der Waals surface area contributed by atoms with E-state index in [0.29, 0.717) is 12.8 Å². The Labute approximate surface area is 101 Å². The van der Waals surface area contributed by atoms with Crippen molar-refractivity contribution in [3.05, 3.63) is 35.4 Å². The second-order valence-corrected chi connectivity index (χ2v) is 4.24. The quantitative estimate of drug-likeness (QED) is 0.759. The molecule has 1 rings (SSSR count). The number of Topliss-reactive ketones (excluding diaryl/α,β-unsaturated/α-hetero) is 1. The molecule has 0 aliphatic heterocycles. The Morgan fingerprint density at radius 3 is 2.35 bits per heavy atom. The first kappa shape index (κ1) is 13.4. The third-order valence-corrected chi connectivity index (χ3v) is 2.61. The Balaban J connectivity index is 2.48. The van der Waals surface area contributed by atoms with Crippen molar-refractivity contribution in [2.75, 3.05) is 0 Å². The largest absolute Gasteiger partial charge is 0.370 e. The van der Waals surface area contributed by atoms with E-state index < -0.39 is 11.9 Å². The third-order valence-electron chi connectivity index (χ3n) is 2.61. The van der Waals surface area contributed by atoms with E-state index in [4.69, 9.17) is 11.5 Å². The normalized spacial score (nSPS) is 12.1. The first-order valence-electron chi connectivity index (χ1n) is 5.61. The summed E-state index contributed by atoms with van der Waals surface area (Å²) in [6, 6.07) is 7.13. The molecule has 0 aliphatic carbocycles. The number of carbonyl (C=O) groups excluding carboxylic acids is 2. The maximum absolute atomic E-state index is 11.7. The molecule has 1 atom stereocenters. The maximum Gasteiger partial charge on any atom is 0.217 e. The Morgan fingerprint density at radius 1 is 1.24 bits per heavy atom. The number of aryl methyl sites for hydroxylation is 1. The molecule has 0 aliphatic rings. The molecule has 0 heterocycles. The van der Waals surface area contributed by atoms with Gasteiger partial charge in [-0.2, -0.15) is 0 Å². The van der Waals surface area contributed by atoms with E-state index in [9.17, 15) is 9.59 Å². The van der Waals surface area contributed by atoms with Gasteiger partial charge in [-0.1, -0.05) is 29.8 Å². The molecule has 0 radical (unpaired) electrons. The van der Waals surface area contributed by atoms with Crippen molar-refractivity contribution >= 4 is 11.7 Å². The van der Waals surface area contributed by atoms with Crippen molar-refractivity contribution in [3.8, 4) is 0 Å². The molecule has 0 aromatic heterocycles. The van der Waals surface area contributed by atoms with Gasteiger partial charge in [-0.3, -0.25) is 9.59 Å². The van der Waals surface area contributed by atoms with Crippen LogP contribution in [0.4, 0.5) is 0 Å². The van der Waals surface area contributed by atoms with Crippen molar-refractivity contribution in [1.29, 1.82) is 0 Å². The van der Waals surface area contributed by atoms with E-state index in [1.54, 1.807) is 0 Å². The number of hydrogen-bond donors (Lipinski definition) is 2. The second-order valence-electron chi connectivity index (χ2n) is 4.24. The zero-order valence-corrected chi connectivity index (χ0v) is 9.98. The first-order valence-corrected chi connectivity index (χ1v) is 5.61. The summed E-state index contributed by atoms with van der Waals surface area (Å²) in [5.74, 6) is -0.487. The lowest BCUT2D eigenvalue weighted by Crippen LogP contribution is -2.33. The SMILES string of the molecule is Cc1ccc(CC(=O)[C@@H](N)CCC(N)=O)cc1. The van der Waals surface area contributed by atoms with Crippen LogP contribution in [-0.4, -0.2) is 17.7 Å². The maximum atomic E-state index is 11.7. The summed E-state index contributed by atoms with van der Waals surface area (Å²) in [4.78, 5) is 22.3. The number of rotatable bonds is 6. The monoisotopic (exact) mass is 234 g/mol. The lowest BCUT2D eigenvalue weighted by Gasteiger charge is -2.09. The third kappa shape index (κ3) is 4.78. The molecule has 4 nitrogen and oxygen atoms in total. The number of carbonyl (C=O) groups is 2. The van der Waals surface area contributed by atoms with Gasteiger partial charge in [0.15, 0.2) is 5.78 Å². The summed E-state index contributed by atoms with van der Waals surface area (Å²) in [6.07, 6.45) is 0.779. The van der Waals surface area contributed by atoms with Gasteiger partial charge >= 0.3 is 0 Å². The minimum Gasteiger partial charge on any atom is -0.370 e. The average Bonchev–Trinajstić information content (AvgIpc) is 2.28. The number of ketones is 1. The molecular formula is C13H18N2O2. The fourth-order valence-corrected chi connectivity index (χ4v) is 1.50. The van der Waals surface area contributed by atoms with Crippen LogP contribution in [0.15, 0.2) is 24.3 Å². The molecule has 4 N–H and O–H groups in total. The van der Waals surface area contributed by atoms with Gasteiger partial charge < -0.3 is 11.5 Å². The zero-order chi connectivity index (χ0) is 12.8. The van der Waals surface area contributed by atoms with Gasteiger partial charge in [0.05, 0.1) is 6.04 Å². The predicted octanol–water partition coefficient (Wildman–Crippen LogP) is 0.699. The van der Waals surface area contributed by atoms with Crippen LogP contribution in [-0.2, 0) is 16.0 Å². The van der Waals surface area contributed by atoms with Crippen molar-refractivity contribution in [3.63, 3.8) is 0 Å². The fourth-order valence-electron chi connectivity index (χ4n) is 1.50. The Kier molecular flexibility index (Phi) is 4.84. The van der Waals surface area contributed by atoms with Gasteiger partial charge in [-0.25, -0.2) is 0 Å². The molecule has 92 valence electrons. The molecule has 0 unspecified atom stereocenters. The highest BCUT2D eigenvalue weighted by Gasteiger charge is 2.14. The van der Waals surface area contributed by atoms with E-state index >= 15 is 0 Å². The van der Waals surface area contributed by atoms with Crippen LogP contribution in [0.2, 0.25) is 0 Å². The number of nitrogens with two attached hydrogens (primary N) is 2. The van der Waals surface area contributed by atoms with E-state index in [-0.39, 0.29) is 12.2 Å². The van der Waals surface area contributed by atoms with Gasteiger partial charge in [0.2, 0.25) is 5.91 Å². The van der Waals surface area contributed by atoms with Crippen LogP contribution < -0.4 is 11.5 Å². The predicted molar refractivity (Wildman–Crippen MR) is 66.3 cm³/mol. The number of benzene rings is 1. The molecule has 1 aromatic rings. The lowest BCUT2D eigenvalue weighted by atomic mass is 10.0. The fraction of sp³-hybridized carbons (Fsp3) is 0.385. The number of hydrogen-bond acceptors (Lipinski definition) is 3. The van der Waals surface area contributed by atoms with Gasteiger partial charge in [-0.15, -0.1) is 0 Å². The van der Waals surface area contributed by atoms with E-state index in [1.807, 2.05) is 31.2 Å². The number of amides is 1. The molecule has 1 aromatic carbocycles. The van der Waals surface area contributed by atoms with Crippen molar-refractivity contribution in [1.82, 2.24) is 0 Å². The van der Waals surface area contributed by atoms with Crippen LogP contribution in [0.1, 0.15) is 24.0 Å². The molecule has 0 saturated carbocycles. The molecule has 0 saturated heterocycles. The number of primary amides is 1. The van der Waals surface area contributed by atoms with Crippen molar-refractivity contribution < 1.29 is 9.59 Å². The Hall–Kier alpha value is -1.68. The second kappa shape index (κ2) is 6.15. The van der Waals surface area contributed by atoms with Crippen LogP contribution in [0.25, 0.3) is 0 Å². The Morgan fingerprint density at radius 2 is 1.82 bits per heavy atom. The summed E-state index contributed by atoms with van der Waals surface area (Å²) < 4.78 is 0. The summed E-state index contributed by atoms with van der Waals surface area (Å²) in [7, 11) is 0. The molecule has 0 fully saturated rings. The van der Waals surface area contributed by atoms with E-state index in [1.165, 1.54) is 0 Å². The first-order chi connectivity index (χ1) is 7.99. The standard InChI is InChI=1S/C13H18N2O2/c1-9-2-4-10(5-3-9)8-12(16)11(14)6-7-13(15)17/h2-5,11H,6-8,14H2,1H3,(H2,15,17)/t11-/m0/s1. The van der Waals surface area contributed by atoms with Crippen LogP contribution >= 0.6 is 0 Å². The van der Waals surface area contributed by atoms with Crippen LogP contribution in [0.5, 0.6) is 0 Å². The van der Waals surface area contributed by atoms with Crippen LogP contribution in [0.3, 0.4) is 0 Å². The summed E-state index contributed by atoms with van der Waals surface area (Å²) in [5, 5.41) is 0. The highest BCUT2D eigenvalue weighted by atomic mass is 16.1. The van der Waals surface area contributed by atoms with Gasteiger partial charge in [0.1, 0.15) is 0 Å². The molecule has 1 amide bonds. The Bertz CT molecular complexity index is 398. The molecule has 4 heteroatoms. The zero-order valence-electron chi connectivity index (χ0n) is 9.98. The van der Waals surface area contributed by atoms with Gasteiger partial charge in [-0.05, 0) is 18.9 Å². The lowest BCUT2D eigenvalue weighted by molar-refractivity contribution is -0.120. The van der Waals surface area contributed by atoms with Gasteiger partial charge in [0.25, 0.3) is 0 Å². The highest BCUT2D eigenvalue weighted by molar-refractivity contribution is 5.86. The molecular weight excluding hydrogens is 216 g/mol. The smallest absolute Gasteiger partial charge is 0.217 e. The van der Waals surface area contributed by atoms with E-state index in [2.05, 4.69) is 0 Å². The molecule has 0 bridgehead atoms. The van der Waals surface area contributed by atoms with Gasteiger partial charge in [0, 0.05) is 12.8 Å². The van der Waals surface area contributed by atoms with Crippen molar-refractivity contribution in [2.45, 2.75) is 32.2 Å². The van der Waals surface area contributed by atoms with E-state index in [0.717, 1.165) is 11.1 Å². The summed E-state index contributed by atoms with van der Waals surface area (Å²) >= 11 is 0. The van der Waals surface area contributed by atoms with Crippen molar-refractivity contribution in [2.24, 2.45) is 11.5 Å². The topological polar surface area (TPSA) is 86.2 Å². The minimum absolute atomic E-state index is 0.0601. The average molecular weight is 234 g/mol. The van der Waals surface area contributed by atoms with Crippen LogP contribution in [0, 0.1) is 6.92 Å².